The summed E-state index contributed by atoms with van der Waals surface area (Å²) in [5.74, 6) is 0.495. The minimum atomic E-state index is -0.168. The minimum Gasteiger partial charge on any atom is -0.489 e. The first-order valence-corrected chi connectivity index (χ1v) is 10.1. The third kappa shape index (κ3) is 5.22. The van der Waals surface area contributed by atoms with Crippen molar-refractivity contribution in [3.63, 3.8) is 0 Å². The van der Waals surface area contributed by atoms with Crippen LogP contribution in [0.3, 0.4) is 0 Å². The molecule has 0 spiro atoms. The predicted molar refractivity (Wildman–Crippen MR) is 111 cm³/mol. The van der Waals surface area contributed by atoms with Gasteiger partial charge in [0.1, 0.15) is 23.1 Å². The summed E-state index contributed by atoms with van der Waals surface area (Å²) in [6.07, 6.45) is 0.881. The maximum atomic E-state index is 12.0. The van der Waals surface area contributed by atoms with Gasteiger partial charge in [-0.15, -0.1) is 11.3 Å². The van der Waals surface area contributed by atoms with Crippen LogP contribution in [0.25, 0.3) is 10.6 Å². The number of aromatic nitrogens is 1. The standard InChI is InChI=1S/C20H18Cl2N2O2S/c1-2-9-23-19(25)18-12-27-20(24-18)16-8-7-15(10-17(16)22)26-11-13-3-5-14(21)6-4-13/h3-8,10,12H,2,9,11H2,1H3,(H,23,25). The number of hydrogen-bond donors (Lipinski definition) is 1. The number of hydrogen-bond acceptors (Lipinski definition) is 4. The van der Waals surface area contributed by atoms with E-state index in [1.54, 1.807) is 11.4 Å². The van der Waals surface area contributed by atoms with Gasteiger partial charge in [-0.1, -0.05) is 42.3 Å². The van der Waals surface area contributed by atoms with Crippen LogP contribution in [-0.2, 0) is 6.61 Å². The first kappa shape index (κ1) is 19.7. The van der Waals surface area contributed by atoms with Gasteiger partial charge >= 0.3 is 0 Å². The molecule has 1 heterocycles. The van der Waals surface area contributed by atoms with Gasteiger partial charge in [0.25, 0.3) is 5.91 Å². The highest BCUT2D eigenvalue weighted by molar-refractivity contribution is 7.13. The summed E-state index contributed by atoms with van der Waals surface area (Å²) in [6.45, 7) is 3.06. The average molecular weight is 421 g/mol. The number of thiazole rings is 1. The summed E-state index contributed by atoms with van der Waals surface area (Å²) >= 11 is 13.7. The van der Waals surface area contributed by atoms with Crippen molar-refractivity contribution < 1.29 is 9.53 Å². The lowest BCUT2D eigenvalue weighted by Gasteiger charge is -2.08. The lowest BCUT2D eigenvalue weighted by atomic mass is 10.2. The van der Waals surface area contributed by atoms with E-state index in [1.165, 1.54) is 11.3 Å². The molecule has 7 heteroatoms. The molecule has 0 saturated heterocycles. The zero-order valence-corrected chi connectivity index (χ0v) is 17.0. The summed E-state index contributed by atoms with van der Waals surface area (Å²) < 4.78 is 5.78. The van der Waals surface area contributed by atoms with Crippen LogP contribution in [0.5, 0.6) is 5.75 Å². The number of nitrogens with one attached hydrogen (secondary N) is 1. The Morgan fingerprint density at radius 3 is 2.67 bits per heavy atom. The van der Waals surface area contributed by atoms with Gasteiger partial charge in [-0.2, -0.15) is 0 Å². The normalized spacial score (nSPS) is 10.6. The van der Waals surface area contributed by atoms with Crippen LogP contribution in [0.15, 0.2) is 47.8 Å². The summed E-state index contributed by atoms with van der Waals surface area (Å²) in [5.41, 5.74) is 2.19. The van der Waals surface area contributed by atoms with E-state index in [4.69, 9.17) is 27.9 Å². The molecule has 0 aliphatic heterocycles. The van der Waals surface area contributed by atoms with Gasteiger partial charge in [0, 0.05) is 22.5 Å². The van der Waals surface area contributed by atoms with Crippen LogP contribution < -0.4 is 10.1 Å². The van der Waals surface area contributed by atoms with E-state index in [0.29, 0.717) is 39.6 Å². The Kier molecular flexibility index (Phi) is 6.72. The number of halogens is 2. The fourth-order valence-corrected chi connectivity index (χ4v) is 3.62. The van der Waals surface area contributed by atoms with Gasteiger partial charge in [0.2, 0.25) is 0 Å². The van der Waals surface area contributed by atoms with Gasteiger partial charge in [0.15, 0.2) is 0 Å². The maximum absolute atomic E-state index is 12.0. The zero-order valence-electron chi connectivity index (χ0n) is 14.7. The maximum Gasteiger partial charge on any atom is 0.270 e. The second-order valence-corrected chi connectivity index (χ2v) is 7.55. The summed E-state index contributed by atoms with van der Waals surface area (Å²) in [6, 6.07) is 12.9. The Morgan fingerprint density at radius 2 is 1.96 bits per heavy atom. The topological polar surface area (TPSA) is 51.2 Å². The third-order valence-corrected chi connectivity index (χ3v) is 5.20. The largest absolute Gasteiger partial charge is 0.489 e. The first-order chi connectivity index (χ1) is 13.1. The Bertz CT molecular complexity index is 926. The molecule has 1 N–H and O–H groups in total. The molecule has 0 aliphatic carbocycles. The summed E-state index contributed by atoms with van der Waals surface area (Å²) in [7, 11) is 0. The molecule has 0 saturated carbocycles. The van der Waals surface area contributed by atoms with Crippen molar-refractivity contribution in [1.29, 1.82) is 0 Å². The van der Waals surface area contributed by atoms with Crippen LogP contribution >= 0.6 is 34.5 Å². The molecule has 0 aliphatic rings. The molecule has 27 heavy (non-hydrogen) atoms. The average Bonchev–Trinajstić information content (AvgIpc) is 3.15. The second-order valence-electron chi connectivity index (χ2n) is 5.85. The van der Waals surface area contributed by atoms with Crippen LogP contribution in [0.4, 0.5) is 0 Å². The highest BCUT2D eigenvalue weighted by Crippen LogP contribution is 2.33. The Labute approximate surface area is 172 Å². The van der Waals surface area contributed by atoms with E-state index >= 15 is 0 Å². The van der Waals surface area contributed by atoms with Crippen LogP contribution in [0.2, 0.25) is 10.0 Å². The molecule has 0 atom stereocenters. The number of ether oxygens (including phenoxy) is 1. The number of amides is 1. The van der Waals surface area contributed by atoms with Crippen molar-refractivity contribution in [3.05, 3.63) is 69.1 Å². The lowest BCUT2D eigenvalue weighted by molar-refractivity contribution is 0.0949. The van der Waals surface area contributed by atoms with E-state index in [0.717, 1.165) is 17.5 Å². The number of carbonyl (C=O) groups excluding carboxylic acids is 1. The van der Waals surface area contributed by atoms with Crippen molar-refractivity contribution in [1.82, 2.24) is 10.3 Å². The van der Waals surface area contributed by atoms with Crippen LogP contribution in [0, 0.1) is 0 Å². The second kappa shape index (κ2) is 9.22. The van der Waals surface area contributed by atoms with Gasteiger partial charge in [-0.25, -0.2) is 4.98 Å². The number of rotatable bonds is 7. The third-order valence-electron chi connectivity index (χ3n) is 3.76. The molecule has 2 aromatic carbocycles. The fraction of sp³-hybridized carbons (Fsp3) is 0.200. The number of carbonyl (C=O) groups is 1. The Balaban J connectivity index is 1.68. The molecule has 3 aromatic rings. The Hall–Kier alpha value is -2.08. The number of benzene rings is 2. The summed E-state index contributed by atoms with van der Waals surface area (Å²) in [4.78, 5) is 16.4. The Morgan fingerprint density at radius 1 is 1.19 bits per heavy atom. The van der Waals surface area contributed by atoms with E-state index in [-0.39, 0.29) is 5.91 Å². The molecule has 3 rings (SSSR count). The lowest BCUT2D eigenvalue weighted by Crippen LogP contribution is -2.24. The SMILES string of the molecule is CCCNC(=O)c1csc(-c2ccc(OCc3ccc(Cl)cc3)cc2Cl)n1. The van der Waals surface area contributed by atoms with E-state index < -0.39 is 0 Å². The molecular weight excluding hydrogens is 403 g/mol. The van der Waals surface area contributed by atoms with E-state index in [1.807, 2.05) is 43.3 Å². The minimum absolute atomic E-state index is 0.168. The smallest absolute Gasteiger partial charge is 0.270 e. The quantitative estimate of drug-likeness (QED) is 0.522. The molecule has 0 fully saturated rings. The van der Waals surface area contributed by atoms with Gasteiger partial charge in [-0.3, -0.25) is 4.79 Å². The highest BCUT2D eigenvalue weighted by Gasteiger charge is 2.14. The molecule has 4 nitrogen and oxygen atoms in total. The van der Waals surface area contributed by atoms with Crippen molar-refractivity contribution in [2.45, 2.75) is 20.0 Å². The highest BCUT2D eigenvalue weighted by atomic mass is 35.5. The van der Waals surface area contributed by atoms with Gasteiger partial charge in [-0.05, 0) is 42.3 Å². The van der Waals surface area contributed by atoms with Crippen LogP contribution in [-0.4, -0.2) is 17.4 Å². The number of nitrogens with zero attached hydrogens (tertiary/aromatic N) is 1. The molecule has 0 bridgehead atoms. The molecule has 1 aromatic heterocycles. The first-order valence-electron chi connectivity index (χ1n) is 8.47. The molecule has 1 amide bonds. The zero-order chi connectivity index (χ0) is 19.2. The molecule has 0 unspecified atom stereocenters. The predicted octanol–water partition coefficient (Wildman–Crippen LogP) is 5.84. The van der Waals surface area contributed by atoms with Crippen LogP contribution in [0.1, 0.15) is 29.4 Å². The van der Waals surface area contributed by atoms with E-state index in [2.05, 4.69) is 10.3 Å². The van der Waals surface area contributed by atoms with Crippen molar-refractivity contribution in [3.8, 4) is 16.3 Å². The van der Waals surface area contributed by atoms with Crippen molar-refractivity contribution in [2.24, 2.45) is 0 Å². The fourth-order valence-electron chi connectivity index (χ4n) is 2.34. The van der Waals surface area contributed by atoms with Crippen molar-refractivity contribution >= 4 is 40.4 Å². The van der Waals surface area contributed by atoms with Gasteiger partial charge < -0.3 is 10.1 Å². The summed E-state index contributed by atoms with van der Waals surface area (Å²) in [5, 5.41) is 6.47. The molecule has 0 radical (unpaired) electrons. The monoisotopic (exact) mass is 420 g/mol. The van der Waals surface area contributed by atoms with Gasteiger partial charge in [0.05, 0.1) is 5.02 Å². The molecule has 140 valence electrons. The van der Waals surface area contributed by atoms with Crippen molar-refractivity contribution in [2.75, 3.05) is 6.54 Å². The van der Waals surface area contributed by atoms with E-state index in [9.17, 15) is 4.79 Å². The molecular formula is C20H18Cl2N2O2S.